The maximum absolute atomic E-state index is 12.4. The molecule has 0 bridgehead atoms. The standard InChI is InChI=1S/C17H15BrCl3N3O/c18-11-1-4-16(15(21)9-11)22-17(25)24-7-5-23(6-8-24)12-2-3-13(19)14(20)10-12/h1-4,9-10H,5-8H2,(H,22,25). The van der Waals surface area contributed by atoms with E-state index >= 15 is 0 Å². The minimum Gasteiger partial charge on any atom is -0.368 e. The Morgan fingerprint density at radius 3 is 2.28 bits per heavy atom. The van der Waals surface area contributed by atoms with Gasteiger partial charge in [-0.05, 0) is 36.4 Å². The van der Waals surface area contributed by atoms with Gasteiger partial charge in [0.2, 0.25) is 0 Å². The van der Waals surface area contributed by atoms with Crippen LogP contribution in [0.3, 0.4) is 0 Å². The Balaban J connectivity index is 1.59. The number of urea groups is 1. The molecule has 0 saturated carbocycles. The molecule has 1 N–H and O–H groups in total. The Morgan fingerprint density at radius 2 is 1.64 bits per heavy atom. The maximum Gasteiger partial charge on any atom is 0.322 e. The quantitative estimate of drug-likeness (QED) is 0.614. The molecular formula is C17H15BrCl3N3O. The highest BCUT2D eigenvalue weighted by molar-refractivity contribution is 9.10. The number of halogens is 4. The first-order chi connectivity index (χ1) is 11.9. The summed E-state index contributed by atoms with van der Waals surface area (Å²) >= 11 is 21.5. The molecule has 0 spiro atoms. The summed E-state index contributed by atoms with van der Waals surface area (Å²) in [6, 6.07) is 10.8. The van der Waals surface area contributed by atoms with Crippen LogP contribution in [0.25, 0.3) is 0 Å². The summed E-state index contributed by atoms with van der Waals surface area (Å²) in [6.45, 7) is 2.67. The number of nitrogens with one attached hydrogen (secondary N) is 1. The number of nitrogens with zero attached hydrogens (tertiary/aromatic N) is 2. The molecule has 132 valence electrons. The monoisotopic (exact) mass is 461 g/mol. The molecule has 1 aliphatic heterocycles. The van der Waals surface area contributed by atoms with E-state index in [4.69, 9.17) is 34.8 Å². The predicted octanol–water partition coefficient (Wildman–Crippen LogP) is 5.76. The SMILES string of the molecule is O=C(Nc1ccc(Br)cc1Cl)N1CCN(c2ccc(Cl)c(Cl)c2)CC1. The van der Waals surface area contributed by atoms with Crippen LogP contribution in [0.15, 0.2) is 40.9 Å². The van der Waals surface area contributed by atoms with E-state index in [9.17, 15) is 4.79 Å². The summed E-state index contributed by atoms with van der Waals surface area (Å²) in [7, 11) is 0. The molecule has 4 nitrogen and oxygen atoms in total. The van der Waals surface area contributed by atoms with E-state index in [0.29, 0.717) is 33.8 Å². The molecule has 25 heavy (non-hydrogen) atoms. The number of piperazine rings is 1. The van der Waals surface area contributed by atoms with Gasteiger partial charge in [-0.15, -0.1) is 0 Å². The molecule has 2 amide bonds. The molecule has 0 radical (unpaired) electrons. The summed E-state index contributed by atoms with van der Waals surface area (Å²) in [5.74, 6) is 0. The van der Waals surface area contributed by atoms with Crippen LogP contribution in [-0.2, 0) is 0 Å². The van der Waals surface area contributed by atoms with Crippen molar-refractivity contribution in [1.82, 2.24) is 4.90 Å². The molecule has 1 aliphatic rings. The van der Waals surface area contributed by atoms with E-state index in [0.717, 1.165) is 23.2 Å². The molecule has 1 fully saturated rings. The van der Waals surface area contributed by atoms with Crippen molar-refractivity contribution < 1.29 is 4.79 Å². The number of hydrogen-bond donors (Lipinski definition) is 1. The third-order valence-corrected chi connectivity index (χ3v) is 5.55. The van der Waals surface area contributed by atoms with Crippen LogP contribution >= 0.6 is 50.7 Å². The average Bonchev–Trinajstić information content (AvgIpc) is 2.60. The van der Waals surface area contributed by atoms with Crippen molar-refractivity contribution in [1.29, 1.82) is 0 Å². The minimum atomic E-state index is -0.155. The highest BCUT2D eigenvalue weighted by atomic mass is 79.9. The third-order valence-electron chi connectivity index (χ3n) is 4.01. The predicted molar refractivity (Wildman–Crippen MR) is 108 cm³/mol. The van der Waals surface area contributed by atoms with Gasteiger partial charge in [0, 0.05) is 36.3 Å². The van der Waals surface area contributed by atoms with E-state index in [1.54, 1.807) is 23.1 Å². The third kappa shape index (κ3) is 4.53. The molecule has 2 aromatic rings. The van der Waals surface area contributed by atoms with Crippen molar-refractivity contribution in [2.24, 2.45) is 0 Å². The average molecular weight is 464 g/mol. The van der Waals surface area contributed by atoms with Crippen LogP contribution in [0.1, 0.15) is 0 Å². The first-order valence-electron chi connectivity index (χ1n) is 7.65. The van der Waals surface area contributed by atoms with Gasteiger partial charge in [-0.25, -0.2) is 4.79 Å². The number of carbonyl (C=O) groups excluding carboxylic acids is 1. The van der Waals surface area contributed by atoms with Crippen LogP contribution in [-0.4, -0.2) is 37.1 Å². The second kappa shape index (κ2) is 8.04. The fourth-order valence-corrected chi connectivity index (χ4v) is 3.65. The van der Waals surface area contributed by atoms with E-state index in [-0.39, 0.29) is 6.03 Å². The summed E-state index contributed by atoms with van der Waals surface area (Å²) in [5, 5.41) is 4.42. The molecule has 3 rings (SSSR count). The van der Waals surface area contributed by atoms with Crippen molar-refractivity contribution in [3.63, 3.8) is 0 Å². The Kier molecular flexibility index (Phi) is 6.00. The van der Waals surface area contributed by atoms with Gasteiger partial charge in [0.1, 0.15) is 0 Å². The maximum atomic E-state index is 12.4. The Hall–Kier alpha value is -1.14. The van der Waals surface area contributed by atoms with Crippen LogP contribution in [0.2, 0.25) is 15.1 Å². The van der Waals surface area contributed by atoms with Crippen LogP contribution < -0.4 is 10.2 Å². The Labute approximate surface area is 169 Å². The van der Waals surface area contributed by atoms with Gasteiger partial charge in [-0.1, -0.05) is 50.7 Å². The summed E-state index contributed by atoms with van der Waals surface area (Å²) in [6.07, 6.45) is 0. The molecular weight excluding hydrogens is 448 g/mol. The molecule has 0 aliphatic carbocycles. The largest absolute Gasteiger partial charge is 0.368 e. The normalized spacial score (nSPS) is 14.6. The lowest BCUT2D eigenvalue weighted by Crippen LogP contribution is -2.50. The fraction of sp³-hybridized carbons (Fsp3) is 0.235. The van der Waals surface area contributed by atoms with Crippen molar-refractivity contribution >= 4 is 68.1 Å². The van der Waals surface area contributed by atoms with Crippen LogP contribution in [0, 0.1) is 0 Å². The molecule has 0 unspecified atom stereocenters. The summed E-state index contributed by atoms with van der Waals surface area (Å²) < 4.78 is 0.866. The zero-order chi connectivity index (χ0) is 18.0. The molecule has 0 aromatic heterocycles. The molecule has 1 heterocycles. The number of anilines is 2. The lowest BCUT2D eigenvalue weighted by molar-refractivity contribution is 0.208. The van der Waals surface area contributed by atoms with Crippen molar-refractivity contribution in [2.45, 2.75) is 0 Å². The van der Waals surface area contributed by atoms with E-state index in [2.05, 4.69) is 26.1 Å². The highest BCUT2D eigenvalue weighted by Gasteiger charge is 2.22. The zero-order valence-electron chi connectivity index (χ0n) is 13.1. The van der Waals surface area contributed by atoms with Gasteiger partial charge in [0.05, 0.1) is 20.8 Å². The van der Waals surface area contributed by atoms with Crippen LogP contribution in [0.5, 0.6) is 0 Å². The van der Waals surface area contributed by atoms with Gasteiger partial charge in [0.25, 0.3) is 0 Å². The lowest BCUT2D eigenvalue weighted by Gasteiger charge is -2.36. The second-order valence-corrected chi connectivity index (χ2v) is 7.76. The summed E-state index contributed by atoms with van der Waals surface area (Å²) in [4.78, 5) is 16.4. The van der Waals surface area contributed by atoms with Crippen molar-refractivity contribution in [3.8, 4) is 0 Å². The number of benzene rings is 2. The van der Waals surface area contributed by atoms with Crippen LogP contribution in [0.4, 0.5) is 16.2 Å². The number of rotatable bonds is 2. The van der Waals surface area contributed by atoms with Gasteiger partial charge < -0.3 is 15.1 Å². The van der Waals surface area contributed by atoms with E-state index < -0.39 is 0 Å². The Bertz CT molecular complexity index is 795. The van der Waals surface area contributed by atoms with Gasteiger partial charge in [-0.3, -0.25) is 0 Å². The van der Waals surface area contributed by atoms with Crippen molar-refractivity contribution in [3.05, 3.63) is 55.9 Å². The Morgan fingerprint density at radius 1 is 0.920 bits per heavy atom. The minimum absolute atomic E-state index is 0.155. The smallest absolute Gasteiger partial charge is 0.322 e. The molecule has 0 atom stereocenters. The summed E-state index contributed by atoms with van der Waals surface area (Å²) in [5.41, 5.74) is 1.60. The molecule has 8 heteroatoms. The first kappa shape index (κ1) is 18.6. The highest BCUT2D eigenvalue weighted by Crippen LogP contribution is 2.28. The number of amides is 2. The van der Waals surface area contributed by atoms with Crippen molar-refractivity contribution in [2.75, 3.05) is 36.4 Å². The fourth-order valence-electron chi connectivity index (χ4n) is 2.63. The lowest BCUT2D eigenvalue weighted by atomic mass is 10.2. The first-order valence-corrected chi connectivity index (χ1v) is 9.58. The zero-order valence-corrected chi connectivity index (χ0v) is 17.0. The molecule has 2 aromatic carbocycles. The molecule has 1 saturated heterocycles. The van der Waals surface area contributed by atoms with E-state index in [1.165, 1.54) is 0 Å². The van der Waals surface area contributed by atoms with E-state index in [1.807, 2.05) is 18.2 Å². The number of hydrogen-bond acceptors (Lipinski definition) is 2. The van der Waals surface area contributed by atoms with Gasteiger partial charge in [-0.2, -0.15) is 0 Å². The van der Waals surface area contributed by atoms with Gasteiger partial charge >= 0.3 is 6.03 Å². The topological polar surface area (TPSA) is 35.6 Å². The second-order valence-electron chi connectivity index (χ2n) is 5.63. The van der Waals surface area contributed by atoms with Gasteiger partial charge in [0.15, 0.2) is 0 Å². The number of carbonyl (C=O) groups is 1.